The summed E-state index contributed by atoms with van der Waals surface area (Å²) in [7, 11) is 0. The van der Waals surface area contributed by atoms with Crippen LogP contribution in [0.1, 0.15) is 21.3 Å². The van der Waals surface area contributed by atoms with Crippen LogP contribution in [0.4, 0.5) is 0 Å². The van der Waals surface area contributed by atoms with Gasteiger partial charge in [0.05, 0.1) is 5.56 Å². The Hall–Kier alpha value is -1.83. The zero-order chi connectivity index (χ0) is 12.6. The van der Waals surface area contributed by atoms with E-state index in [1.165, 1.54) is 6.07 Å². The standard InChI is InChI=1S/C12H10O2/c1-8(13)10-7-6-9-4-2-3-5-11(9)12(10)14/h2-7,14H,1H3/i1D3. The van der Waals surface area contributed by atoms with Gasteiger partial charge in [-0.15, -0.1) is 0 Å². The van der Waals surface area contributed by atoms with Crippen LogP contribution < -0.4 is 0 Å². The van der Waals surface area contributed by atoms with Crippen molar-refractivity contribution in [1.82, 2.24) is 0 Å². The minimum Gasteiger partial charge on any atom is -0.507 e. The molecule has 0 aliphatic heterocycles. The first kappa shape index (κ1) is 5.81. The number of ketones is 1. The Morgan fingerprint density at radius 3 is 2.86 bits per heavy atom. The molecule has 2 aromatic carbocycles. The van der Waals surface area contributed by atoms with Crippen LogP contribution >= 0.6 is 0 Å². The maximum absolute atomic E-state index is 11.6. The smallest absolute Gasteiger partial charge is 0.163 e. The average Bonchev–Trinajstić information content (AvgIpc) is 2.28. The van der Waals surface area contributed by atoms with E-state index in [4.69, 9.17) is 4.11 Å². The molecule has 0 radical (unpaired) electrons. The molecule has 0 fully saturated rings. The Kier molecular flexibility index (Phi) is 1.30. The Morgan fingerprint density at radius 1 is 1.29 bits per heavy atom. The minimum atomic E-state index is -2.74. The number of phenolic OH excluding ortho intramolecular Hbond substituents is 1. The Bertz CT molecular complexity index is 588. The number of phenols is 1. The lowest BCUT2D eigenvalue weighted by Crippen LogP contribution is -1.92. The zero-order valence-corrected chi connectivity index (χ0v) is 7.32. The molecule has 0 aliphatic carbocycles. The van der Waals surface area contributed by atoms with E-state index in [0.717, 1.165) is 5.39 Å². The fourth-order valence-corrected chi connectivity index (χ4v) is 1.44. The van der Waals surface area contributed by atoms with Gasteiger partial charge in [0.25, 0.3) is 0 Å². The van der Waals surface area contributed by atoms with Crippen LogP contribution in [-0.4, -0.2) is 10.9 Å². The van der Waals surface area contributed by atoms with Crippen LogP contribution in [-0.2, 0) is 0 Å². The average molecular weight is 189 g/mol. The van der Waals surface area contributed by atoms with Gasteiger partial charge in [-0.3, -0.25) is 4.79 Å². The lowest BCUT2D eigenvalue weighted by atomic mass is 10.0. The SMILES string of the molecule is [2H]C([2H])([2H])C(=O)c1ccc2ccccc2c1O. The molecule has 2 aromatic rings. The monoisotopic (exact) mass is 189 g/mol. The van der Waals surface area contributed by atoms with Crippen molar-refractivity contribution in [3.8, 4) is 5.75 Å². The molecular formula is C12H10O2. The van der Waals surface area contributed by atoms with Gasteiger partial charge in [0, 0.05) is 9.50 Å². The minimum absolute atomic E-state index is 0.163. The number of carbonyl (C=O) groups excluding carboxylic acids is 1. The number of benzene rings is 2. The largest absolute Gasteiger partial charge is 0.507 e. The van der Waals surface area contributed by atoms with Gasteiger partial charge in [-0.1, -0.05) is 30.3 Å². The fourth-order valence-electron chi connectivity index (χ4n) is 1.44. The lowest BCUT2D eigenvalue weighted by Gasteiger charge is -2.04. The highest BCUT2D eigenvalue weighted by Gasteiger charge is 2.08. The normalized spacial score (nSPS) is 14.4. The van der Waals surface area contributed by atoms with Crippen molar-refractivity contribution >= 4 is 16.6 Å². The number of hydrogen-bond acceptors (Lipinski definition) is 2. The van der Waals surface area contributed by atoms with Gasteiger partial charge in [0.2, 0.25) is 0 Å². The molecule has 70 valence electrons. The zero-order valence-electron chi connectivity index (χ0n) is 10.3. The molecule has 0 atom stereocenters. The number of Topliss-reactive ketones (excluding diaryl/α,β-unsaturated/α-hetero) is 1. The first-order valence-corrected chi connectivity index (χ1v) is 4.17. The molecule has 2 heteroatoms. The molecule has 0 bridgehead atoms. The van der Waals surface area contributed by atoms with E-state index in [1.807, 2.05) is 0 Å². The molecule has 0 amide bonds. The first-order valence-electron chi connectivity index (χ1n) is 5.67. The summed E-state index contributed by atoms with van der Waals surface area (Å²) in [4.78, 5) is 11.6. The van der Waals surface area contributed by atoms with Crippen molar-refractivity contribution in [3.05, 3.63) is 42.0 Å². The fraction of sp³-hybridized carbons (Fsp3) is 0.0833. The van der Waals surface area contributed by atoms with Crippen molar-refractivity contribution in [2.45, 2.75) is 6.85 Å². The summed E-state index contributed by atoms with van der Waals surface area (Å²) in [6.07, 6.45) is 0. The predicted molar refractivity (Wildman–Crippen MR) is 55.6 cm³/mol. The Labute approximate surface area is 86.0 Å². The van der Waals surface area contributed by atoms with Crippen LogP contribution in [0, 0.1) is 0 Å². The summed E-state index contributed by atoms with van der Waals surface area (Å²) >= 11 is 0. The number of fused-ring (bicyclic) bond motifs is 1. The van der Waals surface area contributed by atoms with E-state index in [-0.39, 0.29) is 11.3 Å². The van der Waals surface area contributed by atoms with E-state index in [9.17, 15) is 9.90 Å². The van der Waals surface area contributed by atoms with Gasteiger partial charge in [-0.05, 0) is 18.3 Å². The molecule has 14 heavy (non-hydrogen) atoms. The van der Waals surface area contributed by atoms with E-state index in [2.05, 4.69) is 0 Å². The van der Waals surface area contributed by atoms with E-state index in [0.29, 0.717) is 5.39 Å². The Balaban J connectivity index is 2.65. The number of carbonyl (C=O) groups is 1. The summed E-state index contributed by atoms with van der Waals surface area (Å²) in [6, 6.07) is 9.89. The van der Waals surface area contributed by atoms with Crippen molar-refractivity contribution in [1.29, 1.82) is 0 Å². The van der Waals surface area contributed by atoms with Crippen LogP contribution in [0.5, 0.6) is 5.75 Å². The summed E-state index contributed by atoms with van der Waals surface area (Å²) < 4.78 is 21.2. The summed E-state index contributed by atoms with van der Waals surface area (Å²) in [5.74, 6) is -1.31. The molecule has 2 rings (SSSR count). The highest BCUT2D eigenvalue weighted by molar-refractivity contribution is 6.03. The van der Waals surface area contributed by atoms with Crippen LogP contribution in [0.25, 0.3) is 10.8 Å². The Morgan fingerprint density at radius 2 is 2.07 bits per heavy atom. The van der Waals surface area contributed by atoms with Gasteiger partial charge >= 0.3 is 0 Å². The number of hydrogen-bond donors (Lipinski definition) is 1. The lowest BCUT2D eigenvalue weighted by molar-refractivity contribution is 0.101. The predicted octanol–water partition coefficient (Wildman–Crippen LogP) is 2.75. The molecule has 0 spiro atoms. The second kappa shape index (κ2) is 3.14. The molecule has 1 N–H and O–H groups in total. The third kappa shape index (κ3) is 1.25. The second-order valence-electron chi connectivity index (χ2n) is 3.01. The molecule has 0 heterocycles. The van der Waals surface area contributed by atoms with Gasteiger partial charge in [0.15, 0.2) is 5.78 Å². The molecule has 2 nitrogen and oxygen atoms in total. The van der Waals surface area contributed by atoms with E-state index in [1.54, 1.807) is 30.3 Å². The molecule has 0 unspecified atom stereocenters. The maximum atomic E-state index is 11.6. The van der Waals surface area contributed by atoms with Crippen molar-refractivity contribution in [2.75, 3.05) is 0 Å². The highest BCUT2D eigenvalue weighted by atomic mass is 16.3. The van der Waals surface area contributed by atoms with E-state index >= 15 is 0 Å². The van der Waals surface area contributed by atoms with Crippen molar-refractivity contribution in [2.24, 2.45) is 0 Å². The third-order valence-electron chi connectivity index (χ3n) is 2.15. The first-order chi connectivity index (χ1) is 7.91. The number of aromatic hydroxyl groups is 1. The second-order valence-corrected chi connectivity index (χ2v) is 3.01. The maximum Gasteiger partial charge on any atom is 0.163 e. The summed E-state index contributed by atoms with van der Waals surface area (Å²) in [6.45, 7) is -2.74. The topological polar surface area (TPSA) is 37.3 Å². The van der Waals surface area contributed by atoms with Crippen LogP contribution in [0.15, 0.2) is 36.4 Å². The van der Waals surface area contributed by atoms with Crippen molar-refractivity contribution in [3.63, 3.8) is 0 Å². The molecule has 0 aromatic heterocycles. The van der Waals surface area contributed by atoms with Gasteiger partial charge in [0.1, 0.15) is 5.75 Å². The van der Waals surface area contributed by atoms with Gasteiger partial charge in [-0.2, -0.15) is 0 Å². The van der Waals surface area contributed by atoms with Crippen LogP contribution in [0.3, 0.4) is 0 Å². The molecular weight excluding hydrogens is 176 g/mol. The van der Waals surface area contributed by atoms with Gasteiger partial charge in [-0.25, -0.2) is 0 Å². The molecule has 0 saturated heterocycles. The molecule has 0 aliphatic rings. The quantitative estimate of drug-likeness (QED) is 0.700. The number of rotatable bonds is 1. The van der Waals surface area contributed by atoms with Gasteiger partial charge < -0.3 is 5.11 Å². The highest BCUT2D eigenvalue weighted by Crippen LogP contribution is 2.28. The van der Waals surface area contributed by atoms with E-state index < -0.39 is 12.6 Å². The third-order valence-corrected chi connectivity index (χ3v) is 2.15. The van der Waals surface area contributed by atoms with Crippen LogP contribution in [0.2, 0.25) is 0 Å². The van der Waals surface area contributed by atoms with Crippen molar-refractivity contribution < 1.29 is 14.0 Å². The summed E-state index contributed by atoms with van der Waals surface area (Å²) in [5.41, 5.74) is -0.163. The molecule has 0 saturated carbocycles. The summed E-state index contributed by atoms with van der Waals surface area (Å²) in [5, 5.41) is 11.1.